The van der Waals surface area contributed by atoms with Gasteiger partial charge in [0.2, 0.25) is 0 Å². The maximum Gasteiger partial charge on any atom is 0.143 e. The largest absolute Gasteiger partial charge is 0.455 e. The van der Waals surface area contributed by atoms with Gasteiger partial charge in [-0.25, -0.2) is 0 Å². The number of anilines is 3. The standard InChI is InChI=1S/C58H39NO/c1-3-16-40(17-4-1)49-23-9-10-24-50(49)41-30-34-46(35-31-41)59(47-36-32-42(33-37-47)55-39-44-20-7-8-25-51(44)52-26-11-12-27-53(52)55)48-22-15-21-45(38-48)58-57(43-18-5-2-6-19-43)54-28-13-14-29-56(54)60-58/h1-39H. The molecule has 0 saturated carbocycles. The molecule has 0 aliphatic heterocycles. The minimum atomic E-state index is 0.857. The van der Waals surface area contributed by atoms with E-state index in [0.29, 0.717) is 0 Å². The second-order valence-electron chi connectivity index (χ2n) is 15.3. The molecule has 0 fully saturated rings. The molecule has 60 heavy (non-hydrogen) atoms. The Morgan fingerprint density at radius 2 is 0.783 bits per heavy atom. The summed E-state index contributed by atoms with van der Waals surface area (Å²) in [4.78, 5) is 2.35. The summed E-state index contributed by atoms with van der Waals surface area (Å²) in [5, 5.41) is 6.13. The van der Waals surface area contributed by atoms with Gasteiger partial charge in [-0.3, -0.25) is 0 Å². The van der Waals surface area contributed by atoms with Crippen molar-refractivity contribution < 1.29 is 4.42 Å². The van der Waals surface area contributed by atoms with Gasteiger partial charge in [-0.1, -0.05) is 188 Å². The summed E-state index contributed by atoms with van der Waals surface area (Å²) in [5.41, 5.74) is 14.5. The molecule has 2 heteroatoms. The van der Waals surface area contributed by atoms with Crippen molar-refractivity contribution >= 4 is 49.6 Å². The molecule has 282 valence electrons. The molecule has 0 atom stereocenters. The summed E-state index contributed by atoms with van der Waals surface area (Å²) in [6.45, 7) is 0. The average molecular weight is 766 g/mol. The van der Waals surface area contributed by atoms with Crippen molar-refractivity contribution in [1.82, 2.24) is 0 Å². The number of furan rings is 1. The van der Waals surface area contributed by atoms with Crippen LogP contribution in [0.25, 0.3) is 88.3 Å². The first-order valence-electron chi connectivity index (χ1n) is 20.5. The first-order chi connectivity index (χ1) is 29.8. The van der Waals surface area contributed by atoms with Crippen molar-refractivity contribution in [2.45, 2.75) is 0 Å². The molecule has 0 unspecified atom stereocenters. The van der Waals surface area contributed by atoms with Gasteiger partial charge in [-0.15, -0.1) is 0 Å². The molecular formula is C58H39NO. The van der Waals surface area contributed by atoms with E-state index in [0.717, 1.165) is 50.5 Å². The van der Waals surface area contributed by atoms with Crippen LogP contribution in [0.15, 0.2) is 241 Å². The minimum absolute atomic E-state index is 0.857. The SMILES string of the molecule is c1ccc(-c2ccccc2-c2ccc(N(c3ccc(-c4cc5ccccc5c5ccccc45)cc3)c3cccc(-c4oc5ccccc5c4-c4ccccc4)c3)cc2)cc1. The molecule has 2 nitrogen and oxygen atoms in total. The molecule has 0 N–H and O–H groups in total. The second-order valence-corrected chi connectivity index (χ2v) is 15.3. The predicted octanol–water partition coefficient (Wildman–Crippen LogP) is 16.5. The van der Waals surface area contributed by atoms with Crippen LogP contribution in [0.2, 0.25) is 0 Å². The van der Waals surface area contributed by atoms with Gasteiger partial charge >= 0.3 is 0 Å². The molecule has 11 aromatic rings. The smallest absolute Gasteiger partial charge is 0.143 e. The Kier molecular flexibility index (Phi) is 8.87. The summed E-state index contributed by atoms with van der Waals surface area (Å²) in [5.74, 6) is 0.857. The van der Waals surface area contributed by atoms with Crippen LogP contribution in [0, 0.1) is 0 Å². The monoisotopic (exact) mass is 765 g/mol. The Labute approximate surface area is 349 Å². The van der Waals surface area contributed by atoms with E-state index in [1.54, 1.807) is 0 Å². The molecule has 0 spiro atoms. The molecule has 0 saturated heterocycles. The fourth-order valence-electron chi connectivity index (χ4n) is 8.85. The van der Waals surface area contributed by atoms with E-state index < -0.39 is 0 Å². The van der Waals surface area contributed by atoms with Gasteiger partial charge in [0.15, 0.2) is 0 Å². The molecule has 1 heterocycles. The van der Waals surface area contributed by atoms with Crippen LogP contribution in [0.1, 0.15) is 0 Å². The van der Waals surface area contributed by atoms with Gasteiger partial charge in [0, 0.05) is 33.6 Å². The third-order valence-electron chi connectivity index (χ3n) is 11.7. The number of benzene rings is 10. The molecule has 0 amide bonds. The van der Waals surface area contributed by atoms with Crippen molar-refractivity contribution in [1.29, 1.82) is 0 Å². The average Bonchev–Trinajstić information content (AvgIpc) is 3.73. The maximum atomic E-state index is 6.71. The Balaban J connectivity index is 1.05. The molecule has 10 aromatic carbocycles. The number of hydrogen-bond donors (Lipinski definition) is 0. The van der Waals surface area contributed by atoms with Gasteiger partial charge in [-0.2, -0.15) is 0 Å². The molecule has 0 aliphatic carbocycles. The van der Waals surface area contributed by atoms with E-state index in [4.69, 9.17) is 4.42 Å². The van der Waals surface area contributed by atoms with Crippen LogP contribution in [0.5, 0.6) is 0 Å². The fourth-order valence-corrected chi connectivity index (χ4v) is 8.85. The van der Waals surface area contributed by atoms with Gasteiger partial charge in [-0.05, 0) is 109 Å². The number of hydrogen-bond acceptors (Lipinski definition) is 2. The van der Waals surface area contributed by atoms with Gasteiger partial charge < -0.3 is 9.32 Å². The quantitative estimate of drug-likeness (QED) is 0.143. The molecular weight excluding hydrogens is 727 g/mol. The number of para-hydroxylation sites is 1. The number of fused-ring (bicyclic) bond motifs is 4. The third-order valence-corrected chi connectivity index (χ3v) is 11.7. The Bertz CT molecular complexity index is 3290. The van der Waals surface area contributed by atoms with Crippen LogP contribution in [0.3, 0.4) is 0 Å². The first kappa shape index (κ1) is 35.2. The van der Waals surface area contributed by atoms with Gasteiger partial charge in [0.05, 0.1) is 0 Å². The highest BCUT2D eigenvalue weighted by Crippen LogP contribution is 2.44. The molecule has 0 radical (unpaired) electrons. The van der Waals surface area contributed by atoms with Crippen LogP contribution in [-0.2, 0) is 0 Å². The lowest BCUT2D eigenvalue weighted by atomic mass is 9.93. The normalized spacial score (nSPS) is 11.3. The maximum absolute atomic E-state index is 6.71. The highest BCUT2D eigenvalue weighted by atomic mass is 16.3. The molecule has 0 aliphatic rings. The lowest BCUT2D eigenvalue weighted by molar-refractivity contribution is 0.632. The van der Waals surface area contributed by atoms with Crippen LogP contribution < -0.4 is 4.90 Å². The minimum Gasteiger partial charge on any atom is -0.455 e. The lowest BCUT2D eigenvalue weighted by Gasteiger charge is -2.26. The van der Waals surface area contributed by atoms with Crippen LogP contribution >= 0.6 is 0 Å². The zero-order chi connectivity index (χ0) is 39.8. The van der Waals surface area contributed by atoms with Crippen molar-refractivity contribution in [3.63, 3.8) is 0 Å². The zero-order valence-corrected chi connectivity index (χ0v) is 32.9. The number of rotatable bonds is 8. The van der Waals surface area contributed by atoms with Crippen molar-refractivity contribution in [2.75, 3.05) is 4.90 Å². The summed E-state index contributed by atoms with van der Waals surface area (Å²) < 4.78 is 6.71. The highest BCUT2D eigenvalue weighted by Gasteiger charge is 2.20. The summed E-state index contributed by atoms with van der Waals surface area (Å²) in [7, 11) is 0. The summed E-state index contributed by atoms with van der Waals surface area (Å²) >= 11 is 0. The van der Waals surface area contributed by atoms with E-state index in [-0.39, 0.29) is 0 Å². The van der Waals surface area contributed by atoms with E-state index in [1.165, 1.54) is 54.9 Å². The summed E-state index contributed by atoms with van der Waals surface area (Å²) in [6.07, 6.45) is 0. The number of nitrogens with zero attached hydrogens (tertiary/aromatic N) is 1. The van der Waals surface area contributed by atoms with E-state index in [1.807, 2.05) is 6.07 Å². The van der Waals surface area contributed by atoms with Crippen molar-refractivity contribution in [2.24, 2.45) is 0 Å². The molecule has 11 rings (SSSR count). The van der Waals surface area contributed by atoms with E-state index >= 15 is 0 Å². The molecule has 0 bridgehead atoms. The van der Waals surface area contributed by atoms with E-state index in [2.05, 4.69) is 235 Å². The highest BCUT2D eigenvalue weighted by molar-refractivity contribution is 6.14. The van der Waals surface area contributed by atoms with Gasteiger partial charge in [0.25, 0.3) is 0 Å². The van der Waals surface area contributed by atoms with E-state index in [9.17, 15) is 0 Å². The van der Waals surface area contributed by atoms with Crippen molar-refractivity contribution in [3.05, 3.63) is 237 Å². The van der Waals surface area contributed by atoms with Crippen molar-refractivity contribution in [3.8, 4) is 55.8 Å². The van der Waals surface area contributed by atoms with Crippen LogP contribution in [0.4, 0.5) is 17.1 Å². The topological polar surface area (TPSA) is 16.4 Å². The van der Waals surface area contributed by atoms with Crippen LogP contribution in [-0.4, -0.2) is 0 Å². The Morgan fingerprint density at radius 1 is 0.283 bits per heavy atom. The second kappa shape index (κ2) is 15.1. The lowest BCUT2D eigenvalue weighted by Crippen LogP contribution is -2.10. The predicted molar refractivity (Wildman–Crippen MR) is 253 cm³/mol. The zero-order valence-electron chi connectivity index (χ0n) is 32.9. The Morgan fingerprint density at radius 3 is 1.47 bits per heavy atom. The first-order valence-corrected chi connectivity index (χ1v) is 20.5. The molecule has 1 aromatic heterocycles. The van der Waals surface area contributed by atoms with Gasteiger partial charge in [0.1, 0.15) is 11.3 Å². The third kappa shape index (κ3) is 6.32. The Hall–Kier alpha value is -7.94. The summed E-state index contributed by atoms with van der Waals surface area (Å²) in [6, 6.07) is 84.7. The fraction of sp³-hybridized carbons (Fsp3) is 0.